The average molecular weight is 286 g/mol. The molecule has 0 aromatic rings. The normalized spacial score (nSPS) is 17.0. The molecule has 0 saturated carbocycles. The van der Waals surface area contributed by atoms with Gasteiger partial charge in [-0.05, 0) is 13.0 Å². The second-order valence-electron chi connectivity index (χ2n) is 2.53. The van der Waals surface area contributed by atoms with Crippen LogP contribution in [0.25, 0.3) is 10.8 Å². The molecule has 0 aliphatic heterocycles. The minimum Gasteiger partial charge on any atom is -0.805 e. The molecule has 0 heterocycles. The SMILES string of the molecule is CC1=CC=C(S(=O)(=O)[O-])C(=[N-])C1=[N-].[Y]. The minimum atomic E-state index is -4.73. The molecule has 0 spiro atoms. The molecular formula is C7H5N2O3SY-3. The zero-order valence-electron chi connectivity index (χ0n) is 7.26. The molecule has 0 bridgehead atoms. The quantitative estimate of drug-likeness (QED) is 0.514. The Balaban J connectivity index is 0.00000169. The summed E-state index contributed by atoms with van der Waals surface area (Å²) >= 11 is 0. The number of hydrogen-bond donors (Lipinski definition) is 0. The van der Waals surface area contributed by atoms with Crippen molar-refractivity contribution in [1.82, 2.24) is 0 Å². The fourth-order valence-corrected chi connectivity index (χ4v) is 1.43. The van der Waals surface area contributed by atoms with E-state index in [4.69, 9.17) is 10.8 Å². The van der Waals surface area contributed by atoms with Crippen molar-refractivity contribution in [2.24, 2.45) is 0 Å². The van der Waals surface area contributed by atoms with Crippen molar-refractivity contribution in [1.29, 1.82) is 0 Å². The van der Waals surface area contributed by atoms with Crippen LogP contribution in [0.4, 0.5) is 0 Å². The van der Waals surface area contributed by atoms with Crippen LogP contribution < -0.4 is 0 Å². The van der Waals surface area contributed by atoms with E-state index in [0.29, 0.717) is 5.57 Å². The van der Waals surface area contributed by atoms with Crippen molar-refractivity contribution in [2.75, 3.05) is 0 Å². The summed E-state index contributed by atoms with van der Waals surface area (Å²) in [5.41, 5.74) is -1.18. The number of allylic oxidation sites excluding steroid dienone is 4. The van der Waals surface area contributed by atoms with Gasteiger partial charge in [0, 0.05) is 37.6 Å². The zero-order chi connectivity index (χ0) is 10.2. The second-order valence-corrected chi connectivity index (χ2v) is 3.88. The molecule has 0 N–H and O–H groups in total. The molecule has 1 radical (unpaired) electrons. The van der Waals surface area contributed by atoms with E-state index in [9.17, 15) is 13.0 Å². The third-order valence-electron chi connectivity index (χ3n) is 1.59. The first-order chi connectivity index (χ1) is 5.84. The Labute approximate surface area is 107 Å². The van der Waals surface area contributed by atoms with E-state index < -0.39 is 26.4 Å². The molecular weight excluding hydrogens is 281 g/mol. The molecule has 1 rings (SSSR count). The Bertz CT molecular complexity index is 448. The summed E-state index contributed by atoms with van der Waals surface area (Å²) in [7, 11) is -4.73. The smallest absolute Gasteiger partial charge is 0.123 e. The summed E-state index contributed by atoms with van der Waals surface area (Å²) in [6.07, 6.45) is 2.19. The molecule has 0 atom stereocenters. The third-order valence-corrected chi connectivity index (χ3v) is 2.45. The van der Waals surface area contributed by atoms with Crippen molar-refractivity contribution in [3.05, 3.63) is 33.4 Å². The van der Waals surface area contributed by atoms with E-state index in [1.54, 1.807) is 0 Å². The maximum Gasteiger partial charge on any atom is 0.123 e. The molecule has 14 heavy (non-hydrogen) atoms. The van der Waals surface area contributed by atoms with Crippen LogP contribution in [0, 0.1) is 0 Å². The summed E-state index contributed by atoms with van der Waals surface area (Å²) in [6.45, 7) is 1.47. The number of nitrogens with zero attached hydrogens (tertiary/aromatic N) is 2. The molecule has 0 saturated heterocycles. The van der Waals surface area contributed by atoms with Crippen molar-refractivity contribution in [3.8, 4) is 0 Å². The largest absolute Gasteiger partial charge is 0.805 e. The van der Waals surface area contributed by atoms with Gasteiger partial charge in [0.2, 0.25) is 0 Å². The van der Waals surface area contributed by atoms with Gasteiger partial charge in [-0.1, -0.05) is 11.6 Å². The molecule has 1 aliphatic rings. The van der Waals surface area contributed by atoms with Gasteiger partial charge in [-0.2, -0.15) is 11.4 Å². The fraction of sp³-hybridized carbons (Fsp3) is 0.143. The van der Waals surface area contributed by atoms with Gasteiger partial charge < -0.3 is 15.4 Å². The van der Waals surface area contributed by atoms with Gasteiger partial charge >= 0.3 is 0 Å². The molecule has 0 unspecified atom stereocenters. The summed E-state index contributed by atoms with van der Waals surface area (Å²) in [6, 6.07) is 0. The van der Waals surface area contributed by atoms with Crippen molar-refractivity contribution in [2.45, 2.75) is 6.92 Å². The van der Waals surface area contributed by atoms with Gasteiger partial charge in [0.1, 0.15) is 10.1 Å². The van der Waals surface area contributed by atoms with E-state index in [1.807, 2.05) is 0 Å². The number of rotatable bonds is 1. The maximum atomic E-state index is 10.5. The van der Waals surface area contributed by atoms with Gasteiger partial charge in [-0.25, -0.2) is 8.42 Å². The first-order valence-corrected chi connectivity index (χ1v) is 4.72. The molecule has 1 aliphatic carbocycles. The van der Waals surface area contributed by atoms with Gasteiger partial charge in [-0.3, -0.25) is 0 Å². The van der Waals surface area contributed by atoms with E-state index in [0.717, 1.165) is 6.08 Å². The molecule has 7 heteroatoms. The molecule has 0 fully saturated rings. The summed E-state index contributed by atoms with van der Waals surface area (Å²) < 4.78 is 31.5. The Hall–Kier alpha value is -0.166. The predicted molar refractivity (Wildman–Crippen MR) is 48.3 cm³/mol. The molecule has 0 aromatic heterocycles. The van der Waals surface area contributed by atoms with E-state index >= 15 is 0 Å². The van der Waals surface area contributed by atoms with Crippen LogP contribution in [0.5, 0.6) is 0 Å². The van der Waals surface area contributed by atoms with Gasteiger partial charge in [0.05, 0.1) is 0 Å². The van der Waals surface area contributed by atoms with E-state index in [-0.39, 0.29) is 32.7 Å². The number of hydrogen-bond acceptors (Lipinski definition) is 3. The summed E-state index contributed by atoms with van der Waals surface area (Å²) in [5.74, 6) is 0. The van der Waals surface area contributed by atoms with Crippen molar-refractivity contribution in [3.63, 3.8) is 0 Å². The first kappa shape index (κ1) is 13.8. The van der Waals surface area contributed by atoms with E-state index in [1.165, 1.54) is 13.0 Å². The van der Waals surface area contributed by atoms with Crippen LogP contribution in [-0.2, 0) is 42.8 Å². The Morgan fingerprint density at radius 1 is 1.21 bits per heavy atom. The van der Waals surface area contributed by atoms with Crippen LogP contribution in [0.3, 0.4) is 0 Å². The minimum absolute atomic E-state index is 0. The second kappa shape index (κ2) is 4.57. The third kappa shape index (κ3) is 2.66. The van der Waals surface area contributed by atoms with Gasteiger partial charge in [-0.15, -0.1) is 0 Å². The Morgan fingerprint density at radius 3 is 2.14 bits per heavy atom. The maximum absolute atomic E-state index is 10.5. The van der Waals surface area contributed by atoms with Crippen LogP contribution in [-0.4, -0.2) is 24.4 Å². The molecule has 5 nitrogen and oxygen atoms in total. The summed E-state index contributed by atoms with van der Waals surface area (Å²) in [5, 5.41) is 18.2. The molecule has 73 valence electrons. The van der Waals surface area contributed by atoms with Gasteiger partial charge in [0.25, 0.3) is 0 Å². The standard InChI is InChI=1S/C7H6N2O3S.Y/c1-4-2-3-5(13(10,11)12)7(9)6(4)8;/h2-3H,1H3,(H,10,11,12);/q-2;/p-1. The first-order valence-electron chi connectivity index (χ1n) is 3.31. The van der Waals surface area contributed by atoms with Gasteiger partial charge in [0.15, 0.2) is 0 Å². The average Bonchev–Trinajstić information content (AvgIpc) is 1.98. The molecule has 0 amide bonds. The Kier molecular flexibility index (Phi) is 4.51. The fourth-order valence-electron chi connectivity index (χ4n) is 0.864. The Morgan fingerprint density at radius 2 is 1.71 bits per heavy atom. The van der Waals surface area contributed by atoms with Crippen LogP contribution in [0.2, 0.25) is 0 Å². The molecule has 0 aromatic carbocycles. The zero-order valence-corrected chi connectivity index (χ0v) is 10.9. The van der Waals surface area contributed by atoms with Crippen LogP contribution in [0.1, 0.15) is 6.92 Å². The van der Waals surface area contributed by atoms with Crippen molar-refractivity contribution < 1.29 is 45.7 Å². The topological polar surface area (TPSA) is 102 Å². The summed E-state index contributed by atoms with van der Waals surface area (Å²) in [4.78, 5) is -0.810. The van der Waals surface area contributed by atoms with Crippen LogP contribution in [0.15, 0.2) is 22.6 Å². The van der Waals surface area contributed by atoms with Crippen molar-refractivity contribution >= 4 is 21.5 Å². The predicted octanol–water partition coefficient (Wildman–Crippen LogP) is 0.394. The van der Waals surface area contributed by atoms with E-state index in [2.05, 4.69) is 0 Å². The van der Waals surface area contributed by atoms with Crippen LogP contribution >= 0.6 is 0 Å². The monoisotopic (exact) mass is 286 g/mol.